The van der Waals surface area contributed by atoms with Gasteiger partial charge in [-0.15, -0.1) is 0 Å². The van der Waals surface area contributed by atoms with E-state index >= 15 is 0 Å². The van der Waals surface area contributed by atoms with Gasteiger partial charge in [-0.25, -0.2) is 0 Å². The maximum atomic E-state index is 11.9. The van der Waals surface area contributed by atoms with Gasteiger partial charge in [0.15, 0.2) is 0 Å². The second-order valence-corrected chi connectivity index (χ2v) is 4.93. The van der Waals surface area contributed by atoms with Crippen molar-refractivity contribution in [1.29, 1.82) is 0 Å². The number of hydrogen-bond acceptors (Lipinski definition) is 3. The van der Waals surface area contributed by atoms with E-state index in [9.17, 15) is 9.59 Å². The molecule has 0 bridgehead atoms. The van der Waals surface area contributed by atoms with Crippen LogP contribution in [0, 0.1) is 5.92 Å². The van der Waals surface area contributed by atoms with Gasteiger partial charge < -0.3 is 10.1 Å². The van der Waals surface area contributed by atoms with E-state index in [4.69, 9.17) is 4.74 Å². The van der Waals surface area contributed by atoms with Crippen molar-refractivity contribution in [3.8, 4) is 0 Å². The maximum absolute atomic E-state index is 11.9. The Morgan fingerprint density at radius 3 is 2.53 bits per heavy atom. The number of amides is 1. The first-order chi connectivity index (χ1) is 9.29. The molecule has 0 saturated heterocycles. The second-order valence-electron chi connectivity index (χ2n) is 4.93. The van der Waals surface area contributed by atoms with Crippen LogP contribution < -0.4 is 5.32 Å². The van der Waals surface area contributed by atoms with Crippen LogP contribution in [0.4, 0.5) is 0 Å². The molecule has 0 heterocycles. The first kappa shape index (κ1) is 13.6. The molecule has 1 N–H and O–H groups in total. The van der Waals surface area contributed by atoms with Gasteiger partial charge in [0.1, 0.15) is 6.61 Å². The molecule has 102 valence electrons. The van der Waals surface area contributed by atoms with E-state index in [1.54, 1.807) is 0 Å². The fraction of sp³-hybridized carbons (Fsp3) is 0.467. The summed E-state index contributed by atoms with van der Waals surface area (Å²) in [6.07, 6.45) is 4.02. The Kier molecular flexibility index (Phi) is 4.95. The molecule has 4 nitrogen and oxygen atoms in total. The van der Waals surface area contributed by atoms with Crippen LogP contribution in [0.1, 0.15) is 31.2 Å². The van der Waals surface area contributed by atoms with E-state index < -0.39 is 0 Å². The monoisotopic (exact) mass is 261 g/mol. The van der Waals surface area contributed by atoms with Crippen molar-refractivity contribution in [1.82, 2.24) is 5.32 Å². The van der Waals surface area contributed by atoms with Gasteiger partial charge in [-0.1, -0.05) is 30.3 Å². The SMILES string of the molecule is O=CNC1CCC(C(=O)OCc2ccccc2)CC1. The molecule has 19 heavy (non-hydrogen) atoms. The van der Waals surface area contributed by atoms with E-state index in [0.717, 1.165) is 37.7 Å². The van der Waals surface area contributed by atoms with Gasteiger partial charge in [-0.05, 0) is 31.2 Å². The Morgan fingerprint density at radius 1 is 1.21 bits per heavy atom. The minimum atomic E-state index is -0.117. The van der Waals surface area contributed by atoms with Gasteiger partial charge in [0, 0.05) is 6.04 Å². The molecule has 1 aromatic rings. The van der Waals surface area contributed by atoms with Crippen molar-refractivity contribution in [2.45, 2.75) is 38.3 Å². The highest BCUT2D eigenvalue weighted by Gasteiger charge is 2.27. The lowest BCUT2D eigenvalue weighted by Crippen LogP contribution is -2.34. The molecule has 1 amide bonds. The number of rotatable bonds is 5. The van der Waals surface area contributed by atoms with E-state index in [-0.39, 0.29) is 17.9 Å². The summed E-state index contributed by atoms with van der Waals surface area (Å²) in [5.74, 6) is -0.137. The summed E-state index contributed by atoms with van der Waals surface area (Å²) in [5, 5.41) is 2.77. The maximum Gasteiger partial charge on any atom is 0.309 e. The van der Waals surface area contributed by atoms with Gasteiger partial charge in [0.25, 0.3) is 0 Å². The largest absolute Gasteiger partial charge is 0.461 e. The summed E-state index contributed by atoms with van der Waals surface area (Å²) in [6, 6.07) is 9.90. The zero-order valence-electron chi connectivity index (χ0n) is 10.9. The third-order valence-electron chi connectivity index (χ3n) is 3.59. The predicted octanol–water partition coefficient (Wildman–Crippen LogP) is 2.03. The van der Waals surface area contributed by atoms with Crippen LogP contribution in [0.5, 0.6) is 0 Å². The highest BCUT2D eigenvalue weighted by Crippen LogP contribution is 2.25. The quantitative estimate of drug-likeness (QED) is 0.652. The lowest BCUT2D eigenvalue weighted by Gasteiger charge is -2.26. The number of carbonyl (C=O) groups excluding carboxylic acids is 2. The number of esters is 1. The molecule has 0 atom stereocenters. The number of carbonyl (C=O) groups is 2. The van der Waals surface area contributed by atoms with Crippen LogP contribution in [0.3, 0.4) is 0 Å². The van der Waals surface area contributed by atoms with Crippen LogP contribution in [-0.4, -0.2) is 18.4 Å². The summed E-state index contributed by atoms with van der Waals surface area (Å²) in [5.41, 5.74) is 1.01. The molecule has 0 aliphatic heterocycles. The average molecular weight is 261 g/mol. The summed E-state index contributed by atoms with van der Waals surface area (Å²) < 4.78 is 5.33. The molecule has 1 aliphatic rings. The summed E-state index contributed by atoms with van der Waals surface area (Å²) in [7, 11) is 0. The van der Waals surface area contributed by atoms with E-state index in [2.05, 4.69) is 5.32 Å². The molecule has 0 aromatic heterocycles. The Hall–Kier alpha value is -1.84. The van der Waals surface area contributed by atoms with Gasteiger partial charge in [-0.3, -0.25) is 9.59 Å². The van der Waals surface area contributed by atoms with Gasteiger partial charge in [0.2, 0.25) is 6.41 Å². The molecule has 0 spiro atoms. The summed E-state index contributed by atoms with van der Waals surface area (Å²) >= 11 is 0. The Labute approximate surface area is 113 Å². The first-order valence-corrected chi connectivity index (χ1v) is 6.70. The number of benzene rings is 1. The van der Waals surface area contributed by atoms with Gasteiger partial charge >= 0.3 is 5.97 Å². The van der Waals surface area contributed by atoms with E-state index in [1.165, 1.54) is 0 Å². The summed E-state index contributed by atoms with van der Waals surface area (Å²) in [6.45, 7) is 0.339. The van der Waals surface area contributed by atoms with Crippen molar-refractivity contribution in [2.24, 2.45) is 5.92 Å². The van der Waals surface area contributed by atoms with Crippen LogP contribution in [0.15, 0.2) is 30.3 Å². The third kappa shape index (κ3) is 4.09. The van der Waals surface area contributed by atoms with Crippen LogP contribution in [0.25, 0.3) is 0 Å². The molecule has 1 fully saturated rings. The van der Waals surface area contributed by atoms with E-state index in [0.29, 0.717) is 6.61 Å². The lowest BCUT2D eigenvalue weighted by molar-refractivity contribution is -0.151. The van der Waals surface area contributed by atoms with Crippen molar-refractivity contribution in [3.05, 3.63) is 35.9 Å². The highest BCUT2D eigenvalue weighted by atomic mass is 16.5. The standard InChI is InChI=1S/C15H19NO3/c17-11-16-14-8-6-13(7-9-14)15(18)19-10-12-4-2-1-3-5-12/h1-5,11,13-14H,6-10H2,(H,16,17). The zero-order chi connectivity index (χ0) is 13.5. The second kappa shape index (κ2) is 6.92. The Bertz CT molecular complexity index is 411. The van der Waals surface area contributed by atoms with Crippen LogP contribution in [-0.2, 0) is 20.9 Å². The topological polar surface area (TPSA) is 55.4 Å². The van der Waals surface area contributed by atoms with Crippen molar-refractivity contribution >= 4 is 12.4 Å². The van der Waals surface area contributed by atoms with Crippen molar-refractivity contribution in [2.75, 3.05) is 0 Å². The normalized spacial score (nSPS) is 22.5. The molecule has 4 heteroatoms. The molecule has 1 aliphatic carbocycles. The first-order valence-electron chi connectivity index (χ1n) is 6.70. The predicted molar refractivity (Wildman–Crippen MR) is 71.2 cm³/mol. The van der Waals surface area contributed by atoms with Crippen molar-refractivity contribution < 1.29 is 14.3 Å². The van der Waals surface area contributed by atoms with Crippen LogP contribution >= 0.6 is 0 Å². The minimum absolute atomic E-state index is 0.0200. The van der Waals surface area contributed by atoms with Gasteiger partial charge in [-0.2, -0.15) is 0 Å². The molecule has 2 rings (SSSR count). The van der Waals surface area contributed by atoms with Crippen LogP contribution in [0.2, 0.25) is 0 Å². The Balaban J connectivity index is 1.74. The Morgan fingerprint density at radius 2 is 1.89 bits per heavy atom. The number of nitrogens with one attached hydrogen (secondary N) is 1. The molecule has 0 radical (unpaired) electrons. The fourth-order valence-electron chi connectivity index (χ4n) is 2.44. The molecule has 1 aromatic carbocycles. The smallest absolute Gasteiger partial charge is 0.309 e. The zero-order valence-corrected chi connectivity index (χ0v) is 10.9. The molecule has 0 unspecified atom stereocenters. The molecular weight excluding hydrogens is 242 g/mol. The van der Waals surface area contributed by atoms with E-state index in [1.807, 2.05) is 30.3 Å². The summed E-state index contributed by atoms with van der Waals surface area (Å²) in [4.78, 5) is 22.3. The highest BCUT2D eigenvalue weighted by molar-refractivity contribution is 5.72. The van der Waals surface area contributed by atoms with Crippen molar-refractivity contribution in [3.63, 3.8) is 0 Å². The molecular formula is C15H19NO3. The van der Waals surface area contributed by atoms with Gasteiger partial charge in [0.05, 0.1) is 5.92 Å². The number of ether oxygens (including phenoxy) is 1. The minimum Gasteiger partial charge on any atom is -0.461 e. The average Bonchev–Trinajstić information content (AvgIpc) is 2.47. The third-order valence-corrected chi connectivity index (χ3v) is 3.59. The lowest BCUT2D eigenvalue weighted by atomic mass is 9.86. The number of hydrogen-bond donors (Lipinski definition) is 1. The molecule has 1 saturated carbocycles. The fourth-order valence-corrected chi connectivity index (χ4v) is 2.44.